The molecule has 0 aromatic heterocycles. The first-order valence-corrected chi connectivity index (χ1v) is 9.11. The minimum Gasteiger partial charge on any atom is -0.259 e. The van der Waals surface area contributed by atoms with E-state index in [1.807, 2.05) is 6.92 Å². The smallest absolute Gasteiger partial charge is 0.213 e. The molecular weight excluding hydrogens is 258 g/mol. The molecule has 0 saturated heterocycles. The molecule has 0 N–H and O–H groups in total. The van der Waals surface area contributed by atoms with Crippen molar-refractivity contribution in [3.8, 4) is 0 Å². The first-order valence-electron chi connectivity index (χ1n) is 6.12. The molecule has 0 bridgehead atoms. The van der Waals surface area contributed by atoms with Gasteiger partial charge in [0.15, 0.2) is 0 Å². The Morgan fingerprint density at radius 1 is 1.24 bits per heavy atom. The highest BCUT2D eigenvalue weighted by molar-refractivity contribution is 7.89. The Balaban J connectivity index is 4.09. The van der Waals surface area contributed by atoms with Crippen molar-refractivity contribution in [3.63, 3.8) is 0 Å². The maximum atomic E-state index is 11.9. The molecule has 4 nitrogen and oxygen atoms in total. The summed E-state index contributed by atoms with van der Waals surface area (Å²) in [5.41, 5.74) is 0. The van der Waals surface area contributed by atoms with Crippen LogP contribution in [0.5, 0.6) is 0 Å². The van der Waals surface area contributed by atoms with Gasteiger partial charge in [0.1, 0.15) is 0 Å². The van der Waals surface area contributed by atoms with Crippen LogP contribution in [0, 0.1) is 0 Å². The van der Waals surface area contributed by atoms with Crippen molar-refractivity contribution in [2.75, 3.05) is 25.6 Å². The van der Waals surface area contributed by atoms with Gasteiger partial charge in [0, 0.05) is 35.9 Å². The van der Waals surface area contributed by atoms with Gasteiger partial charge in [-0.05, 0) is 19.3 Å². The standard InChI is InChI=1S/C11H25NO3S2/c1-5-8-11(6-2)16(13)9-7-10-17(14,15)12(3)4/h11H,5-10H2,1-4H3. The van der Waals surface area contributed by atoms with Crippen molar-refractivity contribution < 1.29 is 12.6 Å². The van der Waals surface area contributed by atoms with Gasteiger partial charge in [-0.25, -0.2) is 12.7 Å². The third-order valence-electron chi connectivity index (χ3n) is 2.74. The summed E-state index contributed by atoms with van der Waals surface area (Å²) in [6, 6.07) is 0. The highest BCUT2D eigenvalue weighted by Gasteiger charge is 2.17. The van der Waals surface area contributed by atoms with Gasteiger partial charge in [-0.3, -0.25) is 4.21 Å². The zero-order chi connectivity index (χ0) is 13.5. The Bertz CT molecular complexity index is 326. The van der Waals surface area contributed by atoms with Crippen molar-refractivity contribution in [1.82, 2.24) is 4.31 Å². The molecule has 0 radical (unpaired) electrons. The Labute approximate surface area is 108 Å². The van der Waals surface area contributed by atoms with Crippen LogP contribution in [-0.2, 0) is 20.8 Å². The second-order valence-corrected chi connectivity index (χ2v) is 8.49. The molecule has 6 heteroatoms. The highest BCUT2D eigenvalue weighted by atomic mass is 32.2. The molecule has 0 aliphatic carbocycles. The molecule has 104 valence electrons. The molecule has 2 unspecified atom stereocenters. The average Bonchev–Trinajstić information content (AvgIpc) is 2.25. The van der Waals surface area contributed by atoms with Crippen molar-refractivity contribution in [2.24, 2.45) is 0 Å². The minimum absolute atomic E-state index is 0.0916. The summed E-state index contributed by atoms with van der Waals surface area (Å²) in [6.45, 7) is 4.12. The van der Waals surface area contributed by atoms with Crippen LogP contribution in [-0.4, -0.2) is 47.8 Å². The first-order chi connectivity index (χ1) is 7.85. The van der Waals surface area contributed by atoms with Crippen molar-refractivity contribution in [1.29, 1.82) is 0 Å². The van der Waals surface area contributed by atoms with Crippen molar-refractivity contribution in [3.05, 3.63) is 0 Å². The van der Waals surface area contributed by atoms with Gasteiger partial charge in [-0.15, -0.1) is 0 Å². The summed E-state index contributed by atoms with van der Waals surface area (Å²) in [7, 11) is -0.976. The number of rotatable bonds is 9. The molecule has 0 spiro atoms. The summed E-state index contributed by atoms with van der Waals surface area (Å²) in [4.78, 5) is 0. The van der Waals surface area contributed by atoms with Crippen LogP contribution in [0.3, 0.4) is 0 Å². The average molecular weight is 283 g/mol. The minimum atomic E-state index is -3.14. The van der Waals surface area contributed by atoms with Crippen LogP contribution in [0.15, 0.2) is 0 Å². The van der Waals surface area contributed by atoms with E-state index in [-0.39, 0.29) is 11.0 Å². The quantitative estimate of drug-likeness (QED) is 0.646. The lowest BCUT2D eigenvalue weighted by Gasteiger charge is -2.14. The van der Waals surface area contributed by atoms with Crippen molar-refractivity contribution >= 4 is 20.8 Å². The van der Waals surface area contributed by atoms with E-state index in [2.05, 4.69) is 6.92 Å². The fourth-order valence-electron chi connectivity index (χ4n) is 1.58. The zero-order valence-corrected chi connectivity index (χ0v) is 12.9. The van der Waals surface area contributed by atoms with Crippen LogP contribution >= 0.6 is 0 Å². The van der Waals surface area contributed by atoms with E-state index in [1.54, 1.807) is 0 Å². The molecule has 0 heterocycles. The maximum Gasteiger partial charge on any atom is 0.213 e. The van der Waals surface area contributed by atoms with Crippen LogP contribution in [0.2, 0.25) is 0 Å². The second kappa shape index (κ2) is 8.21. The Kier molecular flexibility index (Phi) is 8.24. The molecule has 2 atom stereocenters. The lowest BCUT2D eigenvalue weighted by atomic mass is 10.2. The van der Waals surface area contributed by atoms with E-state index < -0.39 is 20.8 Å². The Hall–Kier alpha value is 0.0600. The van der Waals surface area contributed by atoms with Gasteiger partial charge >= 0.3 is 0 Å². The molecule has 0 fully saturated rings. The van der Waals surface area contributed by atoms with Gasteiger partial charge in [0.05, 0.1) is 5.75 Å². The molecule has 0 aromatic rings. The Morgan fingerprint density at radius 3 is 2.24 bits per heavy atom. The number of nitrogens with zero attached hydrogens (tertiary/aromatic N) is 1. The van der Waals surface area contributed by atoms with E-state index in [9.17, 15) is 12.6 Å². The molecule has 0 aromatic carbocycles. The topological polar surface area (TPSA) is 54.5 Å². The monoisotopic (exact) mass is 283 g/mol. The highest BCUT2D eigenvalue weighted by Crippen LogP contribution is 2.11. The summed E-state index contributed by atoms with van der Waals surface area (Å²) in [6.07, 6.45) is 3.37. The van der Waals surface area contributed by atoms with Crippen molar-refractivity contribution in [2.45, 2.75) is 44.8 Å². The van der Waals surface area contributed by atoms with E-state index in [4.69, 9.17) is 0 Å². The number of hydrogen-bond donors (Lipinski definition) is 0. The lowest BCUT2D eigenvalue weighted by Crippen LogP contribution is -2.26. The summed E-state index contributed by atoms with van der Waals surface area (Å²) >= 11 is 0. The largest absolute Gasteiger partial charge is 0.259 e. The fraction of sp³-hybridized carbons (Fsp3) is 1.00. The van der Waals surface area contributed by atoms with E-state index in [0.29, 0.717) is 12.2 Å². The molecule has 0 amide bonds. The van der Waals surface area contributed by atoms with Gasteiger partial charge in [0.25, 0.3) is 0 Å². The lowest BCUT2D eigenvalue weighted by molar-refractivity contribution is 0.519. The van der Waals surface area contributed by atoms with Gasteiger partial charge < -0.3 is 0 Å². The van der Waals surface area contributed by atoms with E-state index in [0.717, 1.165) is 19.3 Å². The third kappa shape index (κ3) is 6.52. The number of sulfonamides is 1. The van der Waals surface area contributed by atoms with E-state index >= 15 is 0 Å². The SMILES string of the molecule is CCCC(CC)S(=O)CCCS(=O)(=O)N(C)C. The first kappa shape index (κ1) is 17.1. The molecule has 0 aliphatic heterocycles. The molecule has 0 saturated carbocycles. The third-order valence-corrected chi connectivity index (χ3v) is 6.66. The maximum absolute atomic E-state index is 11.9. The molecule has 17 heavy (non-hydrogen) atoms. The summed E-state index contributed by atoms with van der Waals surface area (Å²) < 4.78 is 36.2. The zero-order valence-electron chi connectivity index (χ0n) is 11.3. The van der Waals surface area contributed by atoms with Crippen LogP contribution in [0.4, 0.5) is 0 Å². The summed E-state index contributed by atoms with van der Waals surface area (Å²) in [5.74, 6) is 0.583. The second-order valence-electron chi connectivity index (χ2n) is 4.36. The molecule has 0 aliphatic rings. The molecular formula is C11H25NO3S2. The summed E-state index contributed by atoms with van der Waals surface area (Å²) in [5, 5.41) is 0.224. The van der Waals surface area contributed by atoms with Gasteiger partial charge in [-0.1, -0.05) is 20.3 Å². The van der Waals surface area contributed by atoms with Crippen LogP contribution in [0.25, 0.3) is 0 Å². The molecule has 0 rings (SSSR count). The van der Waals surface area contributed by atoms with Gasteiger partial charge in [0.2, 0.25) is 10.0 Å². The normalized spacial score (nSPS) is 16.1. The van der Waals surface area contributed by atoms with Crippen LogP contribution in [0.1, 0.15) is 39.5 Å². The van der Waals surface area contributed by atoms with E-state index in [1.165, 1.54) is 18.4 Å². The van der Waals surface area contributed by atoms with Gasteiger partial charge in [-0.2, -0.15) is 0 Å². The predicted octanol–water partition coefficient (Wildman–Crippen LogP) is 1.60. The predicted molar refractivity (Wildman–Crippen MR) is 74.1 cm³/mol. The van der Waals surface area contributed by atoms with Crippen LogP contribution < -0.4 is 0 Å². The Morgan fingerprint density at radius 2 is 1.82 bits per heavy atom. The fourth-order valence-corrected chi connectivity index (χ4v) is 4.27. The number of hydrogen-bond acceptors (Lipinski definition) is 3.